The second-order valence-corrected chi connectivity index (χ2v) is 4.87. The molecule has 1 aliphatic heterocycles. The smallest absolute Gasteiger partial charge is 0.323 e. The van der Waals surface area contributed by atoms with Crippen LogP contribution in [0.2, 0.25) is 0 Å². The average molecular weight is 234 g/mol. The van der Waals surface area contributed by atoms with Gasteiger partial charge in [0.25, 0.3) is 0 Å². The van der Waals surface area contributed by atoms with Gasteiger partial charge in [-0.15, -0.1) is 0 Å². The molecule has 1 fully saturated rings. The minimum Gasteiger partial charge on any atom is -0.480 e. The van der Waals surface area contributed by atoms with Gasteiger partial charge in [-0.2, -0.15) is 0 Å². The summed E-state index contributed by atoms with van der Waals surface area (Å²) in [6, 6.07) is 3.91. The highest BCUT2D eigenvalue weighted by atomic mass is 16.4. The standard InChI is InChI=1S/C13H18N2O2/c1-10-5-3-7-14-11(10)9-15-8-4-6-13(15,2)12(16)17/h3,5,7H,4,6,8-9H2,1-2H3,(H,16,17). The lowest BCUT2D eigenvalue weighted by atomic mass is 9.99. The van der Waals surface area contributed by atoms with E-state index in [1.54, 1.807) is 13.1 Å². The molecule has 0 spiro atoms. The molecule has 1 N–H and O–H groups in total. The summed E-state index contributed by atoms with van der Waals surface area (Å²) in [5.74, 6) is -0.733. The molecule has 1 aromatic heterocycles. The summed E-state index contributed by atoms with van der Waals surface area (Å²) in [5, 5.41) is 9.33. The zero-order chi connectivity index (χ0) is 12.5. The van der Waals surface area contributed by atoms with E-state index in [2.05, 4.69) is 4.98 Å². The van der Waals surface area contributed by atoms with E-state index < -0.39 is 11.5 Å². The van der Waals surface area contributed by atoms with Crippen LogP contribution in [-0.4, -0.2) is 33.0 Å². The first-order valence-corrected chi connectivity index (χ1v) is 5.93. The second kappa shape index (κ2) is 4.45. The normalized spacial score (nSPS) is 25.1. The monoisotopic (exact) mass is 234 g/mol. The SMILES string of the molecule is Cc1cccnc1CN1CCCC1(C)C(=O)O. The topological polar surface area (TPSA) is 53.4 Å². The van der Waals surface area contributed by atoms with Gasteiger partial charge >= 0.3 is 5.97 Å². The van der Waals surface area contributed by atoms with Gasteiger partial charge in [-0.3, -0.25) is 14.7 Å². The van der Waals surface area contributed by atoms with Crippen LogP contribution >= 0.6 is 0 Å². The molecule has 0 radical (unpaired) electrons. The lowest BCUT2D eigenvalue weighted by Crippen LogP contribution is -2.47. The molecular weight excluding hydrogens is 216 g/mol. The number of aromatic nitrogens is 1. The maximum Gasteiger partial charge on any atom is 0.323 e. The van der Waals surface area contributed by atoms with E-state index in [0.717, 1.165) is 24.2 Å². The molecular formula is C13H18N2O2. The number of hydrogen-bond donors (Lipinski definition) is 1. The first-order valence-electron chi connectivity index (χ1n) is 5.93. The number of nitrogens with zero attached hydrogens (tertiary/aromatic N) is 2. The number of aryl methyl sites for hydroxylation is 1. The van der Waals surface area contributed by atoms with Crippen molar-refractivity contribution in [3.63, 3.8) is 0 Å². The van der Waals surface area contributed by atoms with Crippen molar-refractivity contribution in [1.82, 2.24) is 9.88 Å². The van der Waals surface area contributed by atoms with Crippen molar-refractivity contribution in [2.45, 2.75) is 38.8 Å². The van der Waals surface area contributed by atoms with Crippen LogP contribution in [0.15, 0.2) is 18.3 Å². The van der Waals surface area contributed by atoms with Crippen molar-refractivity contribution in [2.75, 3.05) is 6.54 Å². The summed E-state index contributed by atoms with van der Waals surface area (Å²) in [6.45, 7) is 5.27. The third-order valence-electron chi connectivity index (χ3n) is 3.71. The Morgan fingerprint density at radius 2 is 2.41 bits per heavy atom. The zero-order valence-corrected chi connectivity index (χ0v) is 10.3. The van der Waals surface area contributed by atoms with Crippen LogP contribution < -0.4 is 0 Å². The van der Waals surface area contributed by atoms with E-state index in [0.29, 0.717) is 13.0 Å². The van der Waals surface area contributed by atoms with E-state index in [9.17, 15) is 9.90 Å². The third-order valence-corrected chi connectivity index (χ3v) is 3.71. The van der Waals surface area contributed by atoms with Crippen LogP contribution in [0.1, 0.15) is 31.0 Å². The third kappa shape index (κ3) is 2.17. The van der Waals surface area contributed by atoms with Crippen LogP contribution in [0.3, 0.4) is 0 Å². The predicted molar refractivity (Wildman–Crippen MR) is 64.7 cm³/mol. The lowest BCUT2D eigenvalue weighted by molar-refractivity contribution is -0.148. The average Bonchev–Trinajstić information content (AvgIpc) is 2.65. The van der Waals surface area contributed by atoms with Gasteiger partial charge in [0.1, 0.15) is 5.54 Å². The summed E-state index contributed by atoms with van der Waals surface area (Å²) in [7, 11) is 0. The molecule has 17 heavy (non-hydrogen) atoms. The van der Waals surface area contributed by atoms with Gasteiger partial charge in [0.05, 0.1) is 5.69 Å². The summed E-state index contributed by atoms with van der Waals surface area (Å²) >= 11 is 0. The Labute approximate surface area is 101 Å². The molecule has 0 bridgehead atoms. The van der Waals surface area contributed by atoms with Crippen molar-refractivity contribution < 1.29 is 9.90 Å². The molecule has 2 rings (SSSR count). The van der Waals surface area contributed by atoms with Crippen molar-refractivity contribution in [3.05, 3.63) is 29.6 Å². The summed E-state index contributed by atoms with van der Waals surface area (Å²) in [6.07, 6.45) is 3.42. The van der Waals surface area contributed by atoms with E-state index in [-0.39, 0.29) is 0 Å². The number of carbonyl (C=O) groups is 1. The molecule has 1 atom stereocenters. The van der Waals surface area contributed by atoms with Crippen LogP contribution in [0.4, 0.5) is 0 Å². The number of carboxylic acids is 1. The molecule has 1 aliphatic rings. The Morgan fingerprint density at radius 1 is 1.65 bits per heavy atom. The van der Waals surface area contributed by atoms with E-state index in [1.807, 2.05) is 24.0 Å². The molecule has 1 unspecified atom stereocenters. The summed E-state index contributed by atoms with van der Waals surface area (Å²) in [4.78, 5) is 17.7. The molecule has 1 aromatic rings. The van der Waals surface area contributed by atoms with Crippen molar-refractivity contribution in [1.29, 1.82) is 0 Å². The molecule has 0 aliphatic carbocycles. The van der Waals surface area contributed by atoms with Crippen molar-refractivity contribution in [2.24, 2.45) is 0 Å². The maximum absolute atomic E-state index is 11.3. The van der Waals surface area contributed by atoms with Crippen LogP contribution in [0, 0.1) is 6.92 Å². The van der Waals surface area contributed by atoms with Crippen molar-refractivity contribution in [3.8, 4) is 0 Å². The van der Waals surface area contributed by atoms with Crippen molar-refractivity contribution >= 4 is 5.97 Å². The molecule has 0 amide bonds. The Morgan fingerprint density at radius 3 is 3.06 bits per heavy atom. The molecule has 2 heterocycles. The highest BCUT2D eigenvalue weighted by molar-refractivity contribution is 5.78. The van der Waals surface area contributed by atoms with Crippen LogP contribution in [0.25, 0.3) is 0 Å². The number of carboxylic acid groups (broad SMARTS) is 1. The quantitative estimate of drug-likeness (QED) is 0.867. The largest absolute Gasteiger partial charge is 0.480 e. The summed E-state index contributed by atoms with van der Waals surface area (Å²) in [5.41, 5.74) is 1.36. The van der Waals surface area contributed by atoms with E-state index in [1.165, 1.54) is 0 Å². The fourth-order valence-corrected chi connectivity index (χ4v) is 2.38. The van der Waals surface area contributed by atoms with Gasteiger partial charge in [-0.25, -0.2) is 0 Å². The second-order valence-electron chi connectivity index (χ2n) is 4.87. The molecule has 4 nitrogen and oxygen atoms in total. The van der Waals surface area contributed by atoms with Crippen LogP contribution in [-0.2, 0) is 11.3 Å². The first-order chi connectivity index (χ1) is 8.04. The number of likely N-dealkylation sites (tertiary alicyclic amines) is 1. The zero-order valence-electron chi connectivity index (χ0n) is 10.3. The molecule has 92 valence electrons. The van der Waals surface area contributed by atoms with Gasteiger partial charge < -0.3 is 5.11 Å². The Balaban J connectivity index is 2.19. The highest BCUT2D eigenvalue weighted by Crippen LogP contribution is 2.30. The number of aliphatic carboxylic acids is 1. The van der Waals surface area contributed by atoms with Crippen LogP contribution in [0.5, 0.6) is 0 Å². The van der Waals surface area contributed by atoms with Gasteiger partial charge in [0.2, 0.25) is 0 Å². The minimum absolute atomic E-state index is 0.621. The Kier molecular flexibility index (Phi) is 3.15. The fourth-order valence-electron chi connectivity index (χ4n) is 2.38. The number of pyridine rings is 1. The fraction of sp³-hybridized carbons (Fsp3) is 0.538. The first kappa shape index (κ1) is 12.0. The van der Waals surface area contributed by atoms with Gasteiger partial charge in [-0.05, 0) is 44.9 Å². The highest BCUT2D eigenvalue weighted by Gasteiger charge is 2.43. The predicted octanol–water partition coefficient (Wildman–Crippen LogP) is 1.83. The van der Waals surface area contributed by atoms with Gasteiger partial charge in [0, 0.05) is 12.7 Å². The number of hydrogen-bond acceptors (Lipinski definition) is 3. The summed E-state index contributed by atoms with van der Waals surface area (Å²) < 4.78 is 0. The maximum atomic E-state index is 11.3. The Hall–Kier alpha value is -1.42. The lowest BCUT2D eigenvalue weighted by Gasteiger charge is -2.31. The number of rotatable bonds is 3. The molecule has 4 heteroatoms. The van der Waals surface area contributed by atoms with E-state index in [4.69, 9.17) is 0 Å². The van der Waals surface area contributed by atoms with Gasteiger partial charge in [0.15, 0.2) is 0 Å². The molecule has 1 saturated heterocycles. The Bertz CT molecular complexity index is 433. The molecule has 0 saturated carbocycles. The molecule has 0 aromatic carbocycles. The van der Waals surface area contributed by atoms with E-state index >= 15 is 0 Å². The minimum atomic E-state index is -0.733. The van der Waals surface area contributed by atoms with Gasteiger partial charge in [-0.1, -0.05) is 6.07 Å².